The minimum absolute atomic E-state index is 0.0663. The van der Waals surface area contributed by atoms with Crippen LogP contribution in [-0.4, -0.2) is 44.6 Å². The highest BCUT2D eigenvalue weighted by Crippen LogP contribution is 2.20. The number of hydrogen-bond donors (Lipinski definition) is 1. The van der Waals surface area contributed by atoms with E-state index < -0.39 is 0 Å². The van der Waals surface area contributed by atoms with Gasteiger partial charge in [-0.2, -0.15) is 0 Å². The summed E-state index contributed by atoms with van der Waals surface area (Å²) in [7, 11) is 0.590. The van der Waals surface area contributed by atoms with Crippen molar-refractivity contribution in [3.63, 3.8) is 0 Å². The molecular weight excluding hydrogens is 280 g/mol. The van der Waals surface area contributed by atoms with Gasteiger partial charge in [-0.3, -0.25) is 4.79 Å². The van der Waals surface area contributed by atoms with Gasteiger partial charge in [0.25, 0.3) is 5.91 Å². The summed E-state index contributed by atoms with van der Waals surface area (Å²) in [4.78, 5) is 17.5. The van der Waals surface area contributed by atoms with Crippen molar-refractivity contribution >= 4 is 36.5 Å². The topological polar surface area (TPSA) is 53.2 Å². The lowest BCUT2D eigenvalue weighted by Gasteiger charge is -2.27. The standard InChI is InChI=1S/C13H14N2O2S2/c16-13(15-5-7-19(18-17)8-6-15)11-9-14-12-4-2-1-3-10(11)12/h1-4,9,14H,5-8H2. The minimum Gasteiger partial charge on any atom is -0.360 e. The van der Waals surface area contributed by atoms with Crippen molar-refractivity contribution in [2.75, 3.05) is 24.6 Å². The SMILES string of the molecule is O=S=S1CCN(C(=O)c2c[nH]c3ccccc23)CC1. The number of rotatable bonds is 1. The van der Waals surface area contributed by atoms with E-state index >= 15 is 0 Å². The molecule has 0 spiro atoms. The largest absolute Gasteiger partial charge is 0.360 e. The van der Waals surface area contributed by atoms with Crippen LogP contribution in [-0.2, 0) is 19.7 Å². The molecule has 0 aliphatic carbocycles. The fourth-order valence-corrected chi connectivity index (χ4v) is 4.37. The number of H-pyrrole nitrogens is 1. The summed E-state index contributed by atoms with van der Waals surface area (Å²) in [5.74, 6) is 1.71. The molecule has 1 aromatic heterocycles. The average Bonchev–Trinajstić information content (AvgIpc) is 2.90. The van der Waals surface area contributed by atoms with Gasteiger partial charge in [0, 0.05) is 41.7 Å². The van der Waals surface area contributed by atoms with Crippen LogP contribution in [0.5, 0.6) is 0 Å². The summed E-state index contributed by atoms with van der Waals surface area (Å²) in [5, 5.41) is 0.968. The van der Waals surface area contributed by atoms with Crippen LogP contribution >= 0.6 is 0 Å². The van der Waals surface area contributed by atoms with Gasteiger partial charge >= 0.3 is 0 Å². The molecule has 0 radical (unpaired) electrons. The summed E-state index contributed by atoms with van der Waals surface area (Å²) < 4.78 is 10.8. The van der Waals surface area contributed by atoms with Crippen molar-refractivity contribution in [2.45, 2.75) is 0 Å². The first-order valence-corrected chi connectivity index (χ1v) is 8.95. The first kappa shape index (κ1) is 12.6. The number of aromatic amines is 1. The van der Waals surface area contributed by atoms with Gasteiger partial charge in [0.2, 0.25) is 0 Å². The van der Waals surface area contributed by atoms with Crippen LogP contribution in [0.2, 0.25) is 0 Å². The predicted molar refractivity (Wildman–Crippen MR) is 79.4 cm³/mol. The first-order valence-electron chi connectivity index (χ1n) is 6.13. The Kier molecular flexibility index (Phi) is 3.52. The molecular formula is C13H14N2O2S2. The van der Waals surface area contributed by atoms with Gasteiger partial charge in [0.1, 0.15) is 10.2 Å². The number of nitrogens with zero attached hydrogens (tertiary/aromatic N) is 1. The maximum atomic E-state index is 12.5. The van der Waals surface area contributed by atoms with Crippen LogP contribution in [0.3, 0.4) is 0 Å². The molecule has 1 aromatic carbocycles. The first-order chi connectivity index (χ1) is 9.29. The Morgan fingerprint density at radius 3 is 2.74 bits per heavy atom. The highest BCUT2D eigenvalue weighted by Gasteiger charge is 2.22. The zero-order valence-electron chi connectivity index (χ0n) is 10.3. The van der Waals surface area contributed by atoms with Gasteiger partial charge in [-0.25, -0.2) is 4.21 Å². The third-order valence-corrected chi connectivity index (χ3v) is 6.43. The Morgan fingerprint density at radius 1 is 1.26 bits per heavy atom. The van der Waals surface area contributed by atoms with Gasteiger partial charge < -0.3 is 9.88 Å². The van der Waals surface area contributed by atoms with E-state index in [1.54, 1.807) is 6.20 Å². The second kappa shape index (κ2) is 5.30. The summed E-state index contributed by atoms with van der Waals surface area (Å²) in [6.45, 7) is 1.38. The van der Waals surface area contributed by atoms with E-state index in [0.717, 1.165) is 28.0 Å². The van der Waals surface area contributed by atoms with Crippen molar-refractivity contribution in [1.82, 2.24) is 9.88 Å². The third-order valence-electron chi connectivity index (χ3n) is 3.38. The molecule has 19 heavy (non-hydrogen) atoms. The van der Waals surface area contributed by atoms with E-state index in [9.17, 15) is 9.00 Å². The third kappa shape index (κ3) is 2.37. The van der Waals surface area contributed by atoms with Gasteiger partial charge in [0.05, 0.1) is 5.56 Å². The average molecular weight is 294 g/mol. The van der Waals surface area contributed by atoms with E-state index in [1.165, 1.54) is 0 Å². The zero-order valence-corrected chi connectivity index (χ0v) is 11.9. The number of benzene rings is 1. The van der Waals surface area contributed by atoms with Gasteiger partial charge in [-0.1, -0.05) is 27.7 Å². The molecule has 4 nitrogen and oxygen atoms in total. The van der Waals surface area contributed by atoms with Crippen molar-refractivity contribution in [1.29, 1.82) is 0 Å². The van der Waals surface area contributed by atoms with Crippen LogP contribution < -0.4 is 0 Å². The molecule has 2 aromatic rings. The Morgan fingerprint density at radius 2 is 2.00 bits per heavy atom. The molecule has 1 aliphatic heterocycles. The van der Waals surface area contributed by atoms with E-state index in [-0.39, 0.29) is 15.4 Å². The second-order valence-corrected chi connectivity index (χ2v) is 8.11. The van der Waals surface area contributed by atoms with Crippen molar-refractivity contribution in [3.05, 3.63) is 36.0 Å². The lowest BCUT2D eigenvalue weighted by molar-refractivity contribution is 0.0774. The van der Waals surface area contributed by atoms with Crippen molar-refractivity contribution in [3.8, 4) is 0 Å². The van der Waals surface area contributed by atoms with Gasteiger partial charge in [-0.05, 0) is 6.07 Å². The molecule has 1 saturated heterocycles. The van der Waals surface area contributed by atoms with E-state index in [0.29, 0.717) is 23.3 Å². The molecule has 0 atom stereocenters. The van der Waals surface area contributed by atoms with Crippen LogP contribution in [0.15, 0.2) is 30.5 Å². The van der Waals surface area contributed by atoms with Crippen molar-refractivity contribution in [2.24, 2.45) is 0 Å². The number of carbonyl (C=O) groups excluding carboxylic acids is 1. The van der Waals surface area contributed by atoms with E-state index in [1.807, 2.05) is 29.2 Å². The number of amides is 1. The summed E-state index contributed by atoms with van der Waals surface area (Å²) >= 11 is 0. The lowest BCUT2D eigenvalue weighted by Crippen LogP contribution is -2.41. The van der Waals surface area contributed by atoms with Crippen LogP contribution in [0, 0.1) is 0 Å². The highest BCUT2D eigenvalue weighted by molar-refractivity contribution is 8.31. The molecule has 0 saturated carbocycles. The summed E-state index contributed by atoms with van der Waals surface area (Å²) in [6.07, 6.45) is 1.78. The smallest absolute Gasteiger partial charge is 0.256 e. The highest BCUT2D eigenvalue weighted by atomic mass is 32.8. The van der Waals surface area contributed by atoms with Crippen LogP contribution in [0.1, 0.15) is 10.4 Å². The summed E-state index contributed by atoms with van der Waals surface area (Å²) in [5.41, 5.74) is 1.71. The van der Waals surface area contributed by atoms with E-state index in [2.05, 4.69) is 4.98 Å². The molecule has 1 amide bonds. The quantitative estimate of drug-likeness (QED) is 0.863. The molecule has 0 bridgehead atoms. The Labute approximate surface area is 116 Å². The minimum atomic E-state index is -0.103. The fraction of sp³-hybridized carbons (Fsp3) is 0.308. The Balaban J connectivity index is 1.86. The maximum absolute atomic E-state index is 12.5. The summed E-state index contributed by atoms with van der Waals surface area (Å²) in [6, 6.07) is 7.81. The lowest BCUT2D eigenvalue weighted by atomic mass is 10.1. The molecule has 100 valence electrons. The van der Waals surface area contributed by atoms with Crippen molar-refractivity contribution < 1.29 is 9.00 Å². The number of fused-ring (bicyclic) bond motifs is 1. The molecule has 0 unspecified atom stereocenters. The molecule has 3 rings (SSSR count). The van der Waals surface area contributed by atoms with Gasteiger partial charge in [0.15, 0.2) is 0 Å². The molecule has 6 heteroatoms. The second-order valence-electron chi connectivity index (χ2n) is 4.46. The Hall–Kier alpha value is -1.40. The Bertz CT molecular complexity index is 679. The number of aromatic nitrogens is 1. The van der Waals surface area contributed by atoms with Gasteiger partial charge in [-0.15, -0.1) is 0 Å². The molecule has 1 fully saturated rings. The predicted octanol–water partition coefficient (Wildman–Crippen LogP) is 1.37. The number of carbonyl (C=O) groups is 1. The molecule has 1 N–H and O–H groups in total. The maximum Gasteiger partial charge on any atom is 0.256 e. The number of para-hydroxylation sites is 1. The van der Waals surface area contributed by atoms with Crippen LogP contribution in [0.25, 0.3) is 10.9 Å². The van der Waals surface area contributed by atoms with E-state index in [4.69, 9.17) is 0 Å². The number of hydrogen-bond acceptors (Lipinski definition) is 2. The number of nitrogens with one attached hydrogen (secondary N) is 1. The monoisotopic (exact) mass is 294 g/mol. The molecule has 2 heterocycles. The fourth-order valence-electron chi connectivity index (χ4n) is 2.33. The zero-order chi connectivity index (χ0) is 13.2. The van der Waals surface area contributed by atoms with Crippen LogP contribution in [0.4, 0.5) is 0 Å². The molecule has 1 aliphatic rings. The normalized spacial score (nSPS) is 16.7.